The van der Waals surface area contributed by atoms with Gasteiger partial charge in [0.1, 0.15) is 6.23 Å². The largest absolute Gasteiger partial charge is 0.493 e. The zero-order chi connectivity index (χ0) is 38.0. The number of likely N-dealkylation sites (N-methyl/N-ethyl adjacent to an activating group) is 1. The summed E-state index contributed by atoms with van der Waals surface area (Å²) < 4.78 is 23.9. The SMILES string of the molecule is C=C(CN)CN1C[C@H](O)N(C)c2cc(OCCC(C)(C)CCC(C)(C)COc3cc4c(cc3OC)C(=O)N3CC(=C)CC3C=N4)c(OC)cc2C1=O. The highest BCUT2D eigenvalue weighted by atomic mass is 16.5. The summed E-state index contributed by atoms with van der Waals surface area (Å²) in [7, 11) is 4.87. The molecule has 0 aromatic heterocycles. The summed E-state index contributed by atoms with van der Waals surface area (Å²) in [6.07, 6.45) is 4.22. The van der Waals surface area contributed by atoms with E-state index < -0.39 is 6.23 Å². The first kappa shape index (κ1) is 38.7. The standard InChI is InChI=1S/C40H55N5O7/c1-25-14-27-20-42-30-17-34(32(49-8)15-28(30)38(48)45(27)22-25)52-24-40(5,6)11-10-39(3,4)12-13-51-35-18-31-29(16-33(35)50-9)37(47)44(21-26(2)19-41)23-36(46)43(31)7/h15-18,20,27,36,46H,1-2,10-14,19,21-24,41H2,3-9H3/t27?,36-/m0/s1. The minimum atomic E-state index is -0.919. The van der Waals surface area contributed by atoms with Crippen LogP contribution in [0.1, 0.15) is 74.1 Å². The van der Waals surface area contributed by atoms with Crippen LogP contribution in [0.3, 0.4) is 0 Å². The number of ether oxygens (including phenoxy) is 4. The fraction of sp³-hybridized carbons (Fsp3) is 0.525. The van der Waals surface area contributed by atoms with Gasteiger partial charge in [0.05, 0.1) is 62.5 Å². The molecule has 3 heterocycles. The van der Waals surface area contributed by atoms with Crippen molar-refractivity contribution < 1.29 is 33.6 Å². The molecule has 1 fully saturated rings. The van der Waals surface area contributed by atoms with Crippen molar-refractivity contribution >= 4 is 29.4 Å². The first-order chi connectivity index (χ1) is 24.6. The fourth-order valence-electron chi connectivity index (χ4n) is 6.68. The number of β-amino-alcohol motifs (C(OH)–C–C–N with tert-alkyl or cyclic N) is 1. The maximum Gasteiger partial charge on any atom is 0.257 e. The number of hydrogen-bond acceptors (Lipinski definition) is 10. The van der Waals surface area contributed by atoms with Gasteiger partial charge in [-0.25, -0.2) is 0 Å². The van der Waals surface area contributed by atoms with E-state index in [1.807, 2.05) is 6.21 Å². The van der Waals surface area contributed by atoms with E-state index in [1.54, 1.807) is 60.2 Å². The maximum atomic E-state index is 13.5. The first-order valence-electron chi connectivity index (χ1n) is 17.8. The molecule has 2 atom stereocenters. The molecule has 3 aliphatic heterocycles. The molecule has 5 rings (SSSR count). The number of carbonyl (C=O) groups excluding carboxylic acids is 2. The minimum absolute atomic E-state index is 0.0550. The second-order valence-electron chi connectivity index (χ2n) is 15.7. The molecule has 52 heavy (non-hydrogen) atoms. The third-order valence-electron chi connectivity index (χ3n) is 10.3. The predicted molar refractivity (Wildman–Crippen MR) is 204 cm³/mol. The number of hydrogen-bond donors (Lipinski definition) is 2. The maximum absolute atomic E-state index is 13.5. The average molecular weight is 718 g/mol. The Balaban J connectivity index is 1.19. The number of carbonyl (C=O) groups is 2. The van der Waals surface area contributed by atoms with Crippen LogP contribution in [-0.4, -0.2) is 106 Å². The highest BCUT2D eigenvalue weighted by Gasteiger charge is 2.35. The molecule has 0 radical (unpaired) electrons. The van der Waals surface area contributed by atoms with Gasteiger partial charge >= 0.3 is 0 Å². The lowest BCUT2D eigenvalue weighted by Gasteiger charge is -2.31. The minimum Gasteiger partial charge on any atom is -0.493 e. The average Bonchev–Trinajstić information content (AvgIpc) is 3.41. The van der Waals surface area contributed by atoms with Crippen molar-refractivity contribution in [3.05, 3.63) is 59.7 Å². The van der Waals surface area contributed by atoms with Gasteiger partial charge < -0.3 is 44.5 Å². The molecule has 2 aromatic carbocycles. The number of nitrogens with two attached hydrogens (primary N) is 1. The zero-order valence-electron chi connectivity index (χ0n) is 31.8. The number of aliphatic hydroxyl groups excluding tert-OH is 1. The molecular weight excluding hydrogens is 662 g/mol. The summed E-state index contributed by atoms with van der Waals surface area (Å²) in [6.45, 7) is 18.8. The van der Waals surface area contributed by atoms with Gasteiger partial charge in [-0.05, 0) is 54.2 Å². The van der Waals surface area contributed by atoms with Crippen LogP contribution in [0.2, 0.25) is 0 Å². The number of nitrogens with zero attached hydrogens (tertiary/aromatic N) is 4. The summed E-state index contributed by atoms with van der Waals surface area (Å²) in [4.78, 5) is 36.5. The summed E-state index contributed by atoms with van der Waals surface area (Å²) in [5.41, 5.74) is 9.28. The van der Waals surface area contributed by atoms with E-state index in [0.717, 1.165) is 31.3 Å². The van der Waals surface area contributed by atoms with Crippen LogP contribution >= 0.6 is 0 Å². The van der Waals surface area contributed by atoms with Crippen molar-refractivity contribution in [2.24, 2.45) is 21.6 Å². The van der Waals surface area contributed by atoms with Crippen molar-refractivity contribution in [1.82, 2.24) is 9.80 Å². The molecule has 12 heteroatoms. The van der Waals surface area contributed by atoms with E-state index in [9.17, 15) is 14.7 Å². The monoisotopic (exact) mass is 717 g/mol. The number of anilines is 1. The molecule has 2 amide bonds. The molecule has 0 bridgehead atoms. The molecule has 2 aromatic rings. The molecular formula is C40H55N5O7. The lowest BCUT2D eigenvalue weighted by molar-refractivity contribution is 0.0670. The lowest BCUT2D eigenvalue weighted by atomic mass is 9.78. The Morgan fingerprint density at radius 1 is 0.942 bits per heavy atom. The number of aliphatic hydroxyl groups is 1. The smallest absolute Gasteiger partial charge is 0.257 e. The van der Waals surface area contributed by atoms with E-state index in [2.05, 4.69) is 45.8 Å². The number of rotatable bonds is 15. The van der Waals surface area contributed by atoms with Crippen LogP contribution in [0.15, 0.2) is 53.6 Å². The van der Waals surface area contributed by atoms with Crippen LogP contribution in [-0.2, 0) is 0 Å². The predicted octanol–water partition coefficient (Wildman–Crippen LogP) is 5.60. The Morgan fingerprint density at radius 2 is 1.60 bits per heavy atom. The van der Waals surface area contributed by atoms with Crippen LogP contribution in [0.5, 0.6) is 23.0 Å². The molecule has 0 spiro atoms. The van der Waals surface area contributed by atoms with E-state index in [4.69, 9.17) is 24.7 Å². The number of amides is 2. The summed E-state index contributed by atoms with van der Waals surface area (Å²) in [6, 6.07) is 6.90. The van der Waals surface area contributed by atoms with Gasteiger partial charge in [-0.1, -0.05) is 46.4 Å². The molecule has 1 unspecified atom stereocenters. The molecule has 3 aliphatic rings. The highest BCUT2D eigenvalue weighted by Crippen LogP contribution is 2.41. The Morgan fingerprint density at radius 3 is 2.27 bits per heavy atom. The normalized spacial score (nSPS) is 18.8. The topological polar surface area (TPSA) is 139 Å². The lowest BCUT2D eigenvalue weighted by Crippen LogP contribution is -2.42. The van der Waals surface area contributed by atoms with Gasteiger partial charge in [-0.15, -0.1) is 0 Å². The number of benzene rings is 2. The number of fused-ring (bicyclic) bond motifs is 3. The Labute approximate surface area is 307 Å². The third-order valence-corrected chi connectivity index (χ3v) is 10.3. The molecule has 282 valence electrons. The third kappa shape index (κ3) is 8.56. The molecule has 3 N–H and O–H groups in total. The summed E-state index contributed by atoms with van der Waals surface area (Å²) in [5, 5.41) is 10.9. The summed E-state index contributed by atoms with van der Waals surface area (Å²) in [5.74, 6) is 1.69. The Hall–Kier alpha value is -4.55. The number of aliphatic imine (C=N–C) groups is 1. The van der Waals surface area contributed by atoms with Gasteiger partial charge in [-0.2, -0.15) is 0 Å². The van der Waals surface area contributed by atoms with Crippen molar-refractivity contribution in [2.45, 2.75) is 65.6 Å². The highest BCUT2D eigenvalue weighted by molar-refractivity contribution is 6.04. The second-order valence-corrected chi connectivity index (χ2v) is 15.7. The van der Waals surface area contributed by atoms with Crippen molar-refractivity contribution in [3.8, 4) is 23.0 Å². The molecule has 1 saturated heterocycles. The van der Waals surface area contributed by atoms with Crippen LogP contribution in [0, 0.1) is 10.8 Å². The fourth-order valence-corrected chi connectivity index (χ4v) is 6.68. The van der Waals surface area contributed by atoms with E-state index >= 15 is 0 Å². The van der Waals surface area contributed by atoms with E-state index in [0.29, 0.717) is 70.8 Å². The second kappa shape index (κ2) is 15.6. The zero-order valence-corrected chi connectivity index (χ0v) is 31.8. The van der Waals surface area contributed by atoms with Gasteiger partial charge in [0.25, 0.3) is 11.8 Å². The van der Waals surface area contributed by atoms with Gasteiger partial charge in [0.2, 0.25) is 0 Å². The van der Waals surface area contributed by atoms with E-state index in [1.165, 1.54) is 0 Å². The van der Waals surface area contributed by atoms with Gasteiger partial charge in [-0.3, -0.25) is 14.6 Å². The van der Waals surface area contributed by atoms with Crippen molar-refractivity contribution in [1.29, 1.82) is 0 Å². The molecule has 0 aliphatic carbocycles. The Kier molecular flexibility index (Phi) is 11.6. The van der Waals surface area contributed by atoms with Crippen LogP contribution in [0.4, 0.5) is 11.4 Å². The molecule has 12 nitrogen and oxygen atoms in total. The summed E-state index contributed by atoms with van der Waals surface area (Å²) >= 11 is 0. The van der Waals surface area contributed by atoms with Crippen LogP contribution < -0.4 is 29.6 Å². The molecule has 0 saturated carbocycles. The van der Waals surface area contributed by atoms with Crippen molar-refractivity contribution in [2.75, 3.05) is 65.6 Å². The quantitative estimate of drug-likeness (QED) is 0.226. The first-order valence-corrected chi connectivity index (χ1v) is 17.8. The Bertz CT molecular complexity index is 1730. The van der Waals surface area contributed by atoms with Crippen LogP contribution in [0.25, 0.3) is 0 Å². The van der Waals surface area contributed by atoms with Gasteiger partial charge in [0.15, 0.2) is 23.0 Å². The number of methoxy groups -OCH3 is 2. The van der Waals surface area contributed by atoms with E-state index in [-0.39, 0.29) is 48.3 Å². The van der Waals surface area contributed by atoms with Crippen molar-refractivity contribution in [3.63, 3.8) is 0 Å². The van der Waals surface area contributed by atoms with Gasteiger partial charge in [0, 0.05) is 45.0 Å².